The molecule has 1 aromatic heterocycles. The molecule has 3 rings (SSSR count). The molecule has 1 unspecified atom stereocenters. The van der Waals surface area contributed by atoms with Gasteiger partial charge in [-0.3, -0.25) is 9.59 Å². The number of imidazole rings is 1. The van der Waals surface area contributed by atoms with Gasteiger partial charge >= 0.3 is 18.1 Å². The fourth-order valence-corrected chi connectivity index (χ4v) is 3.80. The molecule has 0 saturated carbocycles. The molecule has 1 atom stereocenters. The van der Waals surface area contributed by atoms with Crippen LogP contribution in [-0.2, 0) is 29.0 Å². The Morgan fingerprint density at radius 2 is 1.79 bits per heavy atom. The van der Waals surface area contributed by atoms with Crippen LogP contribution in [0.2, 0.25) is 0 Å². The number of anilines is 1. The average Bonchev–Trinajstić information content (AvgIpc) is 3.50. The van der Waals surface area contributed by atoms with Gasteiger partial charge in [-0.1, -0.05) is 42.5 Å². The molecule has 0 aliphatic carbocycles. The summed E-state index contributed by atoms with van der Waals surface area (Å²) in [6, 6.07) is 12.9. The highest BCUT2D eigenvalue weighted by Gasteiger charge is 2.43. The van der Waals surface area contributed by atoms with E-state index in [0.717, 1.165) is 5.56 Å². The summed E-state index contributed by atoms with van der Waals surface area (Å²) < 4.78 is 43.0. The topological polar surface area (TPSA) is 161 Å². The average molecular weight is 606 g/mol. The van der Waals surface area contributed by atoms with Crippen LogP contribution in [0.15, 0.2) is 60.9 Å². The molecule has 0 aliphatic heterocycles. The van der Waals surface area contributed by atoms with Crippen LogP contribution >= 0.6 is 0 Å². The number of amides is 2. The molecule has 2 aromatic carbocycles. The first kappa shape index (κ1) is 32.4. The van der Waals surface area contributed by atoms with Crippen molar-refractivity contribution in [1.82, 2.24) is 20.6 Å². The Morgan fingerprint density at radius 3 is 2.47 bits per heavy atom. The van der Waals surface area contributed by atoms with Crippen LogP contribution in [0.1, 0.15) is 37.8 Å². The lowest BCUT2D eigenvalue weighted by molar-refractivity contribution is -0.286. The summed E-state index contributed by atoms with van der Waals surface area (Å²) in [6.45, 7) is 2.07. The van der Waals surface area contributed by atoms with E-state index in [9.17, 15) is 32.3 Å². The van der Waals surface area contributed by atoms with Gasteiger partial charge in [-0.2, -0.15) is 13.2 Å². The smallest absolute Gasteiger partial charge is 0.493 e. The lowest BCUT2D eigenvalue weighted by Gasteiger charge is -2.20. The van der Waals surface area contributed by atoms with Crippen molar-refractivity contribution in [2.75, 3.05) is 25.0 Å². The van der Waals surface area contributed by atoms with E-state index in [2.05, 4.69) is 35.7 Å². The lowest BCUT2D eigenvalue weighted by Crippen LogP contribution is -2.39. The molecule has 0 saturated heterocycles. The normalized spacial score (nSPS) is 11.6. The molecule has 1 heterocycles. The van der Waals surface area contributed by atoms with E-state index in [-0.39, 0.29) is 6.42 Å². The number of aromatic amines is 1. The van der Waals surface area contributed by atoms with Gasteiger partial charge in [-0.25, -0.2) is 24.3 Å². The highest BCUT2D eigenvalue weighted by molar-refractivity contribution is 5.85. The molecule has 4 N–H and O–H groups in total. The number of carbonyl (C=O) groups excluding carboxylic acids is 4. The molecule has 0 fully saturated rings. The van der Waals surface area contributed by atoms with Crippen molar-refractivity contribution in [3.8, 4) is 16.9 Å². The van der Waals surface area contributed by atoms with Crippen LogP contribution in [0.25, 0.3) is 11.1 Å². The zero-order valence-corrected chi connectivity index (χ0v) is 23.0. The Labute approximate surface area is 244 Å². The molecule has 0 radical (unpaired) electrons. The van der Waals surface area contributed by atoms with E-state index in [1.54, 1.807) is 37.5 Å². The van der Waals surface area contributed by atoms with Gasteiger partial charge < -0.3 is 25.7 Å². The van der Waals surface area contributed by atoms with Crippen LogP contribution in [-0.4, -0.2) is 59.6 Å². The summed E-state index contributed by atoms with van der Waals surface area (Å²) in [5, 5.41) is 8.01. The Bertz CT molecular complexity index is 1370. The van der Waals surface area contributed by atoms with Gasteiger partial charge in [0.1, 0.15) is 5.75 Å². The van der Waals surface area contributed by atoms with Gasteiger partial charge in [0, 0.05) is 30.9 Å². The second-order valence-electron chi connectivity index (χ2n) is 8.95. The molecule has 0 aliphatic rings. The first-order chi connectivity index (χ1) is 20.6. The fourth-order valence-electron chi connectivity index (χ4n) is 3.80. The third-order valence-corrected chi connectivity index (χ3v) is 5.76. The van der Waals surface area contributed by atoms with Gasteiger partial charge in [0.15, 0.2) is 5.95 Å². The summed E-state index contributed by atoms with van der Waals surface area (Å²) in [4.78, 5) is 62.6. The van der Waals surface area contributed by atoms with Crippen LogP contribution in [0.4, 0.5) is 19.1 Å². The summed E-state index contributed by atoms with van der Waals surface area (Å²) >= 11 is 0. The zero-order chi connectivity index (χ0) is 31.2. The molecule has 2 amide bonds. The molecular weight excluding hydrogens is 575 g/mol. The SMILES string of the molecule is CCOc1cc(C(CC(=O)OOC(=O)C(F)(F)F)NC(=O)CNC(=O)CCCNc2ncc[nH]2)ccc1-c1ccccc1. The largest absolute Gasteiger partial charge is 0.495 e. The van der Waals surface area contributed by atoms with Crippen LogP contribution < -0.4 is 20.7 Å². The monoisotopic (exact) mass is 605 g/mol. The highest BCUT2D eigenvalue weighted by Crippen LogP contribution is 2.33. The van der Waals surface area contributed by atoms with E-state index >= 15 is 0 Å². The van der Waals surface area contributed by atoms with Crippen molar-refractivity contribution in [3.05, 3.63) is 66.5 Å². The summed E-state index contributed by atoms with van der Waals surface area (Å²) in [6.07, 6.45) is -2.30. The number of hydrogen-bond acceptors (Lipinski definition) is 9. The quantitative estimate of drug-likeness (QED) is 0.122. The molecule has 43 heavy (non-hydrogen) atoms. The summed E-state index contributed by atoms with van der Waals surface area (Å²) in [5.74, 6) is -4.20. The van der Waals surface area contributed by atoms with Crippen LogP contribution in [0.5, 0.6) is 5.75 Å². The number of rotatable bonds is 14. The predicted octanol–water partition coefficient (Wildman–Crippen LogP) is 3.60. The minimum atomic E-state index is -5.37. The van der Waals surface area contributed by atoms with E-state index in [4.69, 9.17) is 4.74 Å². The number of benzene rings is 2. The predicted molar refractivity (Wildman–Crippen MR) is 146 cm³/mol. The molecule has 0 bridgehead atoms. The Morgan fingerprint density at radius 1 is 1.02 bits per heavy atom. The van der Waals surface area contributed by atoms with E-state index in [0.29, 0.717) is 42.4 Å². The Kier molecular flexibility index (Phi) is 11.9. The molecular formula is C28H30F3N5O7. The maximum absolute atomic E-state index is 12.7. The minimum Gasteiger partial charge on any atom is -0.493 e. The van der Waals surface area contributed by atoms with Gasteiger partial charge in [0.05, 0.1) is 25.6 Å². The van der Waals surface area contributed by atoms with Gasteiger partial charge in [0.2, 0.25) is 11.8 Å². The van der Waals surface area contributed by atoms with E-state index in [1.807, 2.05) is 30.3 Å². The molecule has 0 spiro atoms. The molecule has 3 aromatic rings. The maximum Gasteiger partial charge on any atom is 0.495 e. The number of carbonyl (C=O) groups is 4. The zero-order valence-electron chi connectivity index (χ0n) is 23.0. The number of nitrogens with zero attached hydrogens (tertiary/aromatic N) is 1. The molecule has 15 heteroatoms. The van der Waals surface area contributed by atoms with Gasteiger partial charge in [-0.15, -0.1) is 0 Å². The third kappa shape index (κ3) is 10.7. The van der Waals surface area contributed by atoms with Crippen LogP contribution in [0, 0.1) is 0 Å². The number of nitrogens with one attached hydrogen (secondary N) is 4. The number of ether oxygens (including phenoxy) is 1. The highest BCUT2D eigenvalue weighted by atomic mass is 19.4. The number of aromatic nitrogens is 2. The first-order valence-electron chi connectivity index (χ1n) is 13.2. The van der Waals surface area contributed by atoms with Crippen molar-refractivity contribution in [1.29, 1.82) is 0 Å². The minimum absolute atomic E-state index is 0.111. The number of alkyl halides is 3. The number of halogens is 3. The molecule has 12 nitrogen and oxygen atoms in total. The van der Waals surface area contributed by atoms with Crippen molar-refractivity contribution < 1.29 is 46.9 Å². The fraction of sp³-hybridized carbons (Fsp3) is 0.321. The number of H-pyrrole nitrogens is 1. The third-order valence-electron chi connectivity index (χ3n) is 5.76. The first-order valence-corrected chi connectivity index (χ1v) is 13.2. The van der Waals surface area contributed by atoms with Crippen molar-refractivity contribution in [2.24, 2.45) is 0 Å². The summed E-state index contributed by atoms with van der Waals surface area (Å²) in [5.41, 5.74) is 1.89. The van der Waals surface area contributed by atoms with Gasteiger partial charge in [0.25, 0.3) is 0 Å². The lowest BCUT2D eigenvalue weighted by atomic mass is 9.98. The van der Waals surface area contributed by atoms with E-state index in [1.165, 1.54) is 0 Å². The Balaban J connectivity index is 1.67. The second kappa shape index (κ2) is 15.8. The second-order valence-corrected chi connectivity index (χ2v) is 8.95. The van der Waals surface area contributed by atoms with Crippen molar-refractivity contribution in [2.45, 2.75) is 38.4 Å². The molecule has 230 valence electrons. The summed E-state index contributed by atoms with van der Waals surface area (Å²) in [7, 11) is 0. The Hall–Kier alpha value is -5.08. The standard InChI is InChI=1S/C28H30F3N5O7/c1-2-41-22-15-19(10-11-20(22)18-7-4-3-5-8-18)21(16-25(39)42-43-26(40)28(29,30)31)36-24(38)17-35-23(37)9-6-12-32-27-33-13-14-34-27/h3-5,7-8,10-11,13-15,21H,2,6,9,12,16-17H2,1H3,(H,35,37)(H,36,38)(H2,32,33,34). The number of hydrogen-bond donors (Lipinski definition) is 4. The maximum atomic E-state index is 12.7. The van der Waals surface area contributed by atoms with Crippen molar-refractivity contribution >= 4 is 29.7 Å². The van der Waals surface area contributed by atoms with Crippen LogP contribution in [0.3, 0.4) is 0 Å². The van der Waals surface area contributed by atoms with Gasteiger partial charge in [-0.05, 0) is 30.5 Å². The van der Waals surface area contributed by atoms with Crippen molar-refractivity contribution in [3.63, 3.8) is 0 Å². The van der Waals surface area contributed by atoms with E-state index < -0.39 is 48.9 Å².